The van der Waals surface area contributed by atoms with E-state index in [1.807, 2.05) is 6.92 Å². The Labute approximate surface area is 172 Å². The normalized spacial score (nSPS) is 29.2. The minimum absolute atomic E-state index is 0.0861. The molecule has 1 aliphatic heterocycles. The van der Waals surface area contributed by atoms with Crippen LogP contribution in [-0.2, 0) is 0 Å². The van der Waals surface area contributed by atoms with Crippen molar-refractivity contribution in [2.24, 2.45) is 17.8 Å². The Morgan fingerprint density at radius 2 is 1.86 bits per heavy atom. The van der Waals surface area contributed by atoms with Crippen molar-refractivity contribution in [2.45, 2.75) is 50.9 Å². The molecule has 3 rings (SSSR count). The largest absolute Gasteiger partial charge is 0.414 e. The predicted octanol–water partition coefficient (Wildman–Crippen LogP) is 5.58. The number of para-hydroxylation sites is 1. The molecule has 156 valence electrons. The Kier molecular flexibility index (Phi) is 6.37. The zero-order chi connectivity index (χ0) is 20.6. The molecule has 1 saturated heterocycles. The highest BCUT2D eigenvalue weighted by Crippen LogP contribution is 2.47. The molecule has 0 radical (unpaired) electrons. The van der Waals surface area contributed by atoms with Gasteiger partial charge in [0.1, 0.15) is 0 Å². The second-order valence-electron chi connectivity index (χ2n) is 7.66. The summed E-state index contributed by atoms with van der Waals surface area (Å²) in [6, 6.07) is 4.27. The van der Waals surface area contributed by atoms with Gasteiger partial charge >= 0.3 is 12.2 Å². The number of fused-ring (bicyclic) bond motifs is 1. The van der Waals surface area contributed by atoms with E-state index in [0.717, 1.165) is 6.42 Å². The van der Waals surface area contributed by atoms with Crippen LogP contribution in [0.15, 0.2) is 18.2 Å². The number of nitrogens with one attached hydrogen (secondary N) is 1. The number of urea groups is 1. The Morgan fingerprint density at radius 1 is 1.21 bits per heavy atom. The monoisotopic (exact) mass is 438 g/mol. The van der Waals surface area contributed by atoms with Gasteiger partial charge < -0.3 is 15.3 Å². The van der Waals surface area contributed by atoms with Crippen LogP contribution in [-0.4, -0.2) is 40.9 Å². The number of halogens is 5. The zero-order valence-electron chi connectivity index (χ0n) is 15.3. The molecule has 0 bridgehead atoms. The summed E-state index contributed by atoms with van der Waals surface area (Å²) in [5.74, 6) is -1.16. The third kappa shape index (κ3) is 4.21. The number of amides is 2. The maximum absolute atomic E-state index is 13.1. The number of benzene rings is 1. The lowest BCUT2D eigenvalue weighted by atomic mass is 9.64. The molecule has 2 fully saturated rings. The fraction of sp³-hybridized carbons (Fsp3) is 0.632. The van der Waals surface area contributed by atoms with Crippen LogP contribution in [0.2, 0.25) is 10.0 Å². The molecule has 1 aromatic carbocycles. The molecule has 2 amide bonds. The molecular weight excluding hydrogens is 416 g/mol. The average molecular weight is 439 g/mol. The highest BCUT2D eigenvalue weighted by atomic mass is 35.5. The number of anilines is 1. The number of carbonyl (C=O) groups excluding carboxylic acids is 1. The van der Waals surface area contributed by atoms with Crippen molar-refractivity contribution >= 4 is 34.9 Å². The van der Waals surface area contributed by atoms with Crippen LogP contribution in [0.5, 0.6) is 0 Å². The van der Waals surface area contributed by atoms with Crippen LogP contribution in [0.3, 0.4) is 0 Å². The SMILES string of the molecule is CC1C2CCCC([C@H](O)C(F)(F)F)C2CCN1C(=O)Nc1c(Cl)cccc1Cl. The molecule has 9 heteroatoms. The van der Waals surface area contributed by atoms with Crippen LogP contribution in [0.1, 0.15) is 32.6 Å². The van der Waals surface area contributed by atoms with Gasteiger partial charge in [0.15, 0.2) is 6.10 Å². The topological polar surface area (TPSA) is 52.6 Å². The number of aliphatic hydroxyl groups excluding tert-OH is 1. The fourth-order valence-electron chi connectivity index (χ4n) is 4.80. The van der Waals surface area contributed by atoms with E-state index < -0.39 is 18.2 Å². The van der Waals surface area contributed by atoms with E-state index in [-0.39, 0.29) is 23.9 Å². The number of hydrogen-bond acceptors (Lipinski definition) is 2. The van der Waals surface area contributed by atoms with Gasteiger partial charge in [-0.3, -0.25) is 0 Å². The standard InChI is InChI=1S/C19H23Cl2F3N2O2/c1-10-11-4-2-5-13(17(27)19(22,23)24)12(11)8-9-26(10)18(28)25-16-14(20)6-3-7-15(16)21/h3,6-7,10-13,17,27H,2,4-5,8-9H2,1H3,(H,25,28)/t10?,11?,12?,13?,17-/m0/s1. The van der Waals surface area contributed by atoms with Crippen LogP contribution in [0.4, 0.5) is 23.7 Å². The number of aliphatic hydroxyl groups is 1. The first-order chi connectivity index (χ1) is 13.1. The van der Waals surface area contributed by atoms with Gasteiger partial charge in [0.2, 0.25) is 0 Å². The smallest absolute Gasteiger partial charge is 0.383 e. The maximum atomic E-state index is 13.1. The first-order valence-corrected chi connectivity index (χ1v) is 10.1. The average Bonchev–Trinajstić information content (AvgIpc) is 2.63. The van der Waals surface area contributed by atoms with E-state index in [0.29, 0.717) is 41.5 Å². The van der Waals surface area contributed by atoms with Crippen molar-refractivity contribution in [3.63, 3.8) is 0 Å². The lowest BCUT2D eigenvalue weighted by Gasteiger charge is -2.50. The van der Waals surface area contributed by atoms with Gasteiger partial charge in [-0.2, -0.15) is 13.2 Å². The van der Waals surface area contributed by atoms with E-state index in [1.54, 1.807) is 23.1 Å². The van der Waals surface area contributed by atoms with Crippen LogP contribution in [0, 0.1) is 17.8 Å². The summed E-state index contributed by atoms with van der Waals surface area (Å²) in [6.45, 7) is 2.17. The molecule has 2 N–H and O–H groups in total. The summed E-state index contributed by atoms with van der Waals surface area (Å²) in [5, 5.41) is 13.2. The van der Waals surface area contributed by atoms with Crippen molar-refractivity contribution < 1.29 is 23.1 Å². The summed E-state index contributed by atoms with van der Waals surface area (Å²) in [7, 11) is 0. The third-order valence-corrected chi connectivity index (χ3v) is 6.82. The molecule has 0 spiro atoms. The number of piperidine rings is 1. The summed E-state index contributed by atoms with van der Waals surface area (Å²) < 4.78 is 39.2. The number of carbonyl (C=O) groups is 1. The highest BCUT2D eigenvalue weighted by molar-refractivity contribution is 6.39. The summed E-state index contributed by atoms with van der Waals surface area (Å²) >= 11 is 12.2. The zero-order valence-corrected chi connectivity index (χ0v) is 16.9. The number of rotatable bonds is 2. The third-order valence-electron chi connectivity index (χ3n) is 6.19. The highest BCUT2D eigenvalue weighted by Gasteiger charge is 2.51. The molecule has 4 nitrogen and oxygen atoms in total. The van der Waals surface area contributed by atoms with Crippen LogP contribution >= 0.6 is 23.2 Å². The molecule has 2 aliphatic rings. The van der Waals surface area contributed by atoms with E-state index in [2.05, 4.69) is 5.32 Å². The van der Waals surface area contributed by atoms with Crippen molar-refractivity contribution in [3.05, 3.63) is 28.2 Å². The van der Waals surface area contributed by atoms with Gasteiger partial charge in [0, 0.05) is 12.6 Å². The predicted molar refractivity (Wildman–Crippen MR) is 103 cm³/mol. The van der Waals surface area contributed by atoms with E-state index in [1.165, 1.54) is 0 Å². The summed E-state index contributed by atoms with van der Waals surface area (Å²) in [6.07, 6.45) is -4.80. The van der Waals surface area contributed by atoms with Gasteiger partial charge in [-0.25, -0.2) is 4.79 Å². The minimum Gasteiger partial charge on any atom is -0.383 e. The van der Waals surface area contributed by atoms with E-state index in [9.17, 15) is 23.1 Å². The van der Waals surface area contributed by atoms with Crippen LogP contribution < -0.4 is 5.32 Å². The van der Waals surface area contributed by atoms with Gasteiger partial charge in [0.05, 0.1) is 15.7 Å². The maximum Gasteiger partial charge on any atom is 0.414 e. The van der Waals surface area contributed by atoms with Gasteiger partial charge in [-0.05, 0) is 56.1 Å². The van der Waals surface area contributed by atoms with Gasteiger partial charge in [-0.15, -0.1) is 0 Å². The Bertz CT molecular complexity index is 711. The van der Waals surface area contributed by atoms with E-state index >= 15 is 0 Å². The molecule has 1 saturated carbocycles. The lowest BCUT2D eigenvalue weighted by molar-refractivity contribution is -0.232. The van der Waals surface area contributed by atoms with Crippen molar-refractivity contribution in [2.75, 3.05) is 11.9 Å². The number of nitrogens with zero attached hydrogens (tertiary/aromatic N) is 1. The molecule has 4 unspecified atom stereocenters. The molecule has 1 heterocycles. The second kappa shape index (κ2) is 8.28. The van der Waals surface area contributed by atoms with Crippen molar-refractivity contribution in [3.8, 4) is 0 Å². The molecule has 5 atom stereocenters. The molecule has 1 aromatic rings. The Morgan fingerprint density at radius 3 is 2.46 bits per heavy atom. The summed E-state index contributed by atoms with van der Waals surface area (Å²) in [5.41, 5.74) is 0.319. The molecule has 28 heavy (non-hydrogen) atoms. The Hall–Kier alpha value is -1.18. The molecular formula is C19H23Cl2F3N2O2. The molecule has 0 aromatic heterocycles. The van der Waals surface area contributed by atoms with Crippen LogP contribution in [0.25, 0.3) is 0 Å². The van der Waals surface area contributed by atoms with Crippen molar-refractivity contribution in [1.82, 2.24) is 4.90 Å². The molecule has 1 aliphatic carbocycles. The first kappa shape index (κ1) is 21.5. The van der Waals surface area contributed by atoms with Gasteiger partial charge in [-0.1, -0.05) is 35.7 Å². The summed E-state index contributed by atoms with van der Waals surface area (Å²) in [4.78, 5) is 14.4. The first-order valence-electron chi connectivity index (χ1n) is 9.37. The second-order valence-corrected chi connectivity index (χ2v) is 8.47. The number of hydrogen-bond donors (Lipinski definition) is 2. The minimum atomic E-state index is -4.62. The van der Waals surface area contributed by atoms with Gasteiger partial charge in [0.25, 0.3) is 0 Å². The van der Waals surface area contributed by atoms with Crippen molar-refractivity contribution in [1.29, 1.82) is 0 Å². The number of likely N-dealkylation sites (tertiary alicyclic amines) is 1. The lowest BCUT2D eigenvalue weighted by Crippen LogP contribution is -2.56. The number of alkyl halides is 3. The Balaban J connectivity index is 1.73. The van der Waals surface area contributed by atoms with E-state index in [4.69, 9.17) is 23.2 Å². The quantitative estimate of drug-likeness (QED) is 0.633. The fourth-order valence-corrected chi connectivity index (χ4v) is 5.29.